The van der Waals surface area contributed by atoms with E-state index in [4.69, 9.17) is 9.72 Å². The summed E-state index contributed by atoms with van der Waals surface area (Å²) in [4.78, 5) is 17.2. The Morgan fingerprint density at radius 1 is 1.26 bits per heavy atom. The van der Waals surface area contributed by atoms with E-state index in [1.54, 1.807) is 6.92 Å². The third-order valence-corrected chi connectivity index (χ3v) is 5.10. The average Bonchev–Trinajstić information content (AvgIpc) is 2.64. The van der Waals surface area contributed by atoms with Gasteiger partial charge in [0, 0.05) is 11.3 Å². The van der Waals surface area contributed by atoms with Crippen LogP contribution in [0.4, 0.5) is 0 Å². The third-order valence-electron chi connectivity index (χ3n) is 5.10. The van der Waals surface area contributed by atoms with Gasteiger partial charge in [0.2, 0.25) is 0 Å². The molecule has 4 heteroatoms. The molecule has 0 aliphatic heterocycles. The van der Waals surface area contributed by atoms with Crippen LogP contribution in [0.2, 0.25) is 0 Å². The Labute approximate surface area is 166 Å². The van der Waals surface area contributed by atoms with Gasteiger partial charge < -0.3 is 9.84 Å². The number of aliphatic hydroxyl groups is 1. The summed E-state index contributed by atoms with van der Waals surface area (Å²) >= 11 is 0. The number of hydrogen-bond acceptors (Lipinski definition) is 4. The second-order valence-electron chi connectivity index (χ2n) is 7.29. The Morgan fingerprint density at radius 2 is 1.81 bits per heavy atom. The minimum Gasteiger partial charge on any atom is -0.462 e. The minimum atomic E-state index is -0.564. The van der Waals surface area contributed by atoms with Crippen molar-refractivity contribution in [3.8, 4) is 0 Å². The highest BCUT2D eigenvalue weighted by atomic mass is 16.5. The SMILES string of the molecule is CC.CC.CCOC(=O)c1c(C(C)C)nc2c(c1C)C(O)CC(C)(CC)C2. The number of ether oxygens (including phenoxy) is 1. The van der Waals surface area contributed by atoms with E-state index in [0.29, 0.717) is 18.6 Å². The first-order chi connectivity index (χ1) is 12.7. The summed E-state index contributed by atoms with van der Waals surface area (Å²) in [6.07, 6.45) is 1.99. The molecule has 27 heavy (non-hydrogen) atoms. The molecule has 1 aromatic heterocycles. The molecule has 4 nitrogen and oxygen atoms in total. The van der Waals surface area contributed by atoms with Crippen LogP contribution in [-0.4, -0.2) is 22.7 Å². The van der Waals surface area contributed by atoms with E-state index >= 15 is 0 Å². The summed E-state index contributed by atoms with van der Waals surface area (Å²) < 4.78 is 5.23. The summed E-state index contributed by atoms with van der Waals surface area (Å²) in [7, 11) is 0. The van der Waals surface area contributed by atoms with Crippen molar-refractivity contribution < 1.29 is 14.6 Å². The van der Waals surface area contributed by atoms with Crippen LogP contribution in [0.3, 0.4) is 0 Å². The Bertz CT molecular complexity index is 610. The number of carbonyl (C=O) groups excluding carboxylic acids is 1. The Balaban J connectivity index is 0.00000158. The number of pyridine rings is 1. The molecule has 2 rings (SSSR count). The zero-order chi connectivity index (χ0) is 21.4. The molecule has 1 aliphatic rings. The van der Waals surface area contributed by atoms with Gasteiger partial charge in [-0.15, -0.1) is 0 Å². The van der Waals surface area contributed by atoms with Gasteiger partial charge in [-0.05, 0) is 43.6 Å². The van der Waals surface area contributed by atoms with Crippen LogP contribution in [0.1, 0.15) is 120 Å². The molecular weight excluding hydrogens is 338 g/mol. The lowest BCUT2D eigenvalue weighted by atomic mass is 9.70. The second kappa shape index (κ2) is 11.4. The quantitative estimate of drug-likeness (QED) is 0.638. The fourth-order valence-corrected chi connectivity index (χ4v) is 3.58. The number of rotatable bonds is 4. The van der Waals surface area contributed by atoms with Gasteiger partial charge in [0.05, 0.1) is 24.0 Å². The molecule has 156 valence electrons. The number of esters is 1. The van der Waals surface area contributed by atoms with Gasteiger partial charge >= 0.3 is 5.97 Å². The third kappa shape index (κ3) is 5.78. The van der Waals surface area contributed by atoms with Crippen LogP contribution in [0, 0.1) is 12.3 Å². The van der Waals surface area contributed by atoms with Crippen molar-refractivity contribution in [2.75, 3.05) is 6.61 Å². The first-order valence-electron chi connectivity index (χ1n) is 10.6. The summed E-state index contributed by atoms with van der Waals surface area (Å²) in [5.41, 5.74) is 4.01. The maximum absolute atomic E-state index is 12.4. The van der Waals surface area contributed by atoms with Crippen molar-refractivity contribution in [3.05, 3.63) is 28.1 Å². The number of hydrogen-bond donors (Lipinski definition) is 1. The molecule has 1 N–H and O–H groups in total. The highest BCUT2D eigenvalue weighted by Crippen LogP contribution is 2.45. The standard InChI is InChI=1S/C19H29NO3.2C2H6/c1-7-19(6)9-13-15(14(21)10-19)12(5)16(18(22)23-8-2)17(20-13)11(3)4;2*1-2/h11,14,21H,7-10H2,1-6H3;2*1-2H3. The molecule has 0 aromatic carbocycles. The zero-order valence-corrected chi connectivity index (χ0v) is 19.2. The molecule has 0 saturated heterocycles. The Morgan fingerprint density at radius 3 is 2.26 bits per heavy atom. The summed E-state index contributed by atoms with van der Waals surface area (Å²) in [5, 5.41) is 10.7. The van der Waals surface area contributed by atoms with Crippen molar-refractivity contribution in [3.63, 3.8) is 0 Å². The Kier molecular flexibility index (Phi) is 10.8. The average molecular weight is 380 g/mol. The van der Waals surface area contributed by atoms with E-state index in [-0.39, 0.29) is 17.3 Å². The first kappa shape index (κ1) is 25.6. The molecule has 1 aromatic rings. The predicted octanol–water partition coefficient (Wildman–Crippen LogP) is 6.14. The molecule has 1 heterocycles. The number of aliphatic hydroxyl groups excluding tert-OH is 1. The van der Waals surface area contributed by atoms with E-state index in [9.17, 15) is 9.90 Å². The molecule has 2 atom stereocenters. The van der Waals surface area contributed by atoms with Gasteiger partial charge in [-0.1, -0.05) is 61.8 Å². The van der Waals surface area contributed by atoms with Crippen LogP contribution in [0.15, 0.2) is 0 Å². The van der Waals surface area contributed by atoms with Crippen molar-refractivity contribution >= 4 is 5.97 Å². The lowest BCUT2D eigenvalue weighted by Crippen LogP contribution is -2.31. The van der Waals surface area contributed by atoms with E-state index in [0.717, 1.165) is 35.4 Å². The second-order valence-corrected chi connectivity index (χ2v) is 7.29. The Hall–Kier alpha value is -1.42. The van der Waals surface area contributed by atoms with Crippen molar-refractivity contribution in [2.45, 2.75) is 101 Å². The van der Waals surface area contributed by atoms with E-state index in [1.807, 2.05) is 48.5 Å². The highest BCUT2D eigenvalue weighted by molar-refractivity contribution is 5.93. The topological polar surface area (TPSA) is 59.4 Å². The van der Waals surface area contributed by atoms with Gasteiger partial charge in [0.25, 0.3) is 0 Å². The van der Waals surface area contributed by atoms with Crippen LogP contribution in [0.5, 0.6) is 0 Å². The molecular formula is C23H41NO3. The first-order valence-corrected chi connectivity index (χ1v) is 10.6. The lowest BCUT2D eigenvalue weighted by molar-refractivity contribution is 0.0520. The minimum absolute atomic E-state index is 0.0611. The highest BCUT2D eigenvalue weighted by Gasteiger charge is 2.37. The number of fused-ring (bicyclic) bond motifs is 1. The van der Waals surface area contributed by atoms with E-state index in [1.165, 1.54) is 0 Å². The van der Waals surface area contributed by atoms with Crippen LogP contribution < -0.4 is 0 Å². The maximum Gasteiger partial charge on any atom is 0.340 e. The molecule has 0 amide bonds. The molecule has 2 unspecified atom stereocenters. The molecule has 0 saturated carbocycles. The molecule has 0 bridgehead atoms. The molecule has 0 fully saturated rings. The zero-order valence-electron chi connectivity index (χ0n) is 19.2. The van der Waals surface area contributed by atoms with Gasteiger partial charge in [-0.3, -0.25) is 4.98 Å². The van der Waals surface area contributed by atoms with Crippen molar-refractivity contribution in [1.29, 1.82) is 0 Å². The van der Waals surface area contributed by atoms with Crippen LogP contribution >= 0.6 is 0 Å². The summed E-state index contributed by atoms with van der Waals surface area (Å²) in [6, 6.07) is 0. The lowest BCUT2D eigenvalue weighted by Gasteiger charge is -2.38. The molecule has 0 radical (unpaired) electrons. The fraction of sp³-hybridized carbons (Fsp3) is 0.739. The smallest absolute Gasteiger partial charge is 0.340 e. The van der Waals surface area contributed by atoms with Gasteiger partial charge in [0.15, 0.2) is 0 Å². The van der Waals surface area contributed by atoms with Crippen molar-refractivity contribution in [1.82, 2.24) is 4.98 Å². The van der Waals surface area contributed by atoms with Gasteiger partial charge in [0.1, 0.15) is 0 Å². The van der Waals surface area contributed by atoms with E-state index in [2.05, 4.69) is 13.8 Å². The normalized spacial score (nSPS) is 20.7. The van der Waals surface area contributed by atoms with Gasteiger partial charge in [-0.25, -0.2) is 4.79 Å². The predicted molar refractivity (Wildman–Crippen MR) is 113 cm³/mol. The van der Waals surface area contributed by atoms with Crippen LogP contribution in [-0.2, 0) is 11.2 Å². The summed E-state index contributed by atoms with van der Waals surface area (Å²) in [6.45, 7) is 20.5. The fourth-order valence-electron chi connectivity index (χ4n) is 3.58. The maximum atomic E-state index is 12.4. The van der Waals surface area contributed by atoms with Gasteiger partial charge in [-0.2, -0.15) is 0 Å². The number of carbonyl (C=O) groups is 1. The van der Waals surface area contributed by atoms with Crippen LogP contribution in [0.25, 0.3) is 0 Å². The monoisotopic (exact) mass is 379 g/mol. The number of aromatic nitrogens is 1. The number of nitrogens with zero attached hydrogens (tertiary/aromatic N) is 1. The van der Waals surface area contributed by atoms with Crippen molar-refractivity contribution in [2.24, 2.45) is 5.41 Å². The van der Waals surface area contributed by atoms with E-state index < -0.39 is 6.10 Å². The molecule has 0 spiro atoms. The summed E-state index contributed by atoms with van der Waals surface area (Å²) in [5.74, 6) is -0.203. The largest absolute Gasteiger partial charge is 0.462 e. The molecule has 1 aliphatic carbocycles.